The molecule has 1 saturated heterocycles. The van der Waals surface area contributed by atoms with Crippen LogP contribution in [0.3, 0.4) is 0 Å². The SMILES string of the molecule is O=C(OC[C@H]1O[C@@](O)(C(=O)c2cccnc2)[C@H](O)[C@@H](OC(=O)c2cccnc2)[C@@H]1O)c1cccnc1. The number of ether oxygens (including phenoxy) is 3. The van der Waals surface area contributed by atoms with E-state index < -0.39 is 54.5 Å². The molecule has 3 N–H and O–H groups in total. The van der Waals surface area contributed by atoms with Crippen molar-refractivity contribution < 1.29 is 43.9 Å². The number of esters is 2. The fraction of sp³-hybridized carbons (Fsp3) is 0.250. The number of nitrogens with zero attached hydrogens (tertiary/aromatic N) is 3. The lowest BCUT2D eigenvalue weighted by molar-refractivity contribution is -0.321. The van der Waals surface area contributed by atoms with E-state index in [-0.39, 0.29) is 16.7 Å². The van der Waals surface area contributed by atoms with E-state index in [1.807, 2.05) is 0 Å². The van der Waals surface area contributed by atoms with Gasteiger partial charge in [-0.1, -0.05) is 0 Å². The molecule has 0 aromatic carbocycles. The lowest BCUT2D eigenvalue weighted by Crippen LogP contribution is -2.69. The number of hydrogen-bond acceptors (Lipinski definition) is 12. The molecular formula is C24H21N3O9. The molecule has 3 aromatic rings. The summed E-state index contributed by atoms with van der Waals surface area (Å²) in [5.74, 6) is -5.90. The number of Topliss-reactive ketones (excluding diaryl/α,β-unsaturated/α-hetero) is 1. The van der Waals surface area contributed by atoms with Crippen LogP contribution in [0.2, 0.25) is 0 Å². The summed E-state index contributed by atoms with van der Waals surface area (Å²) in [5, 5.41) is 32.9. The second-order valence-electron chi connectivity index (χ2n) is 7.81. The van der Waals surface area contributed by atoms with Crippen LogP contribution in [0.4, 0.5) is 0 Å². The number of rotatable bonds is 7. The molecule has 1 aliphatic rings. The third kappa shape index (κ3) is 5.11. The molecule has 36 heavy (non-hydrogen) atoms. The van der Waals surface area contributed by atoms with Gasteiger partial charge >= 0.3 is 11.9 Å². The number of hydrogen-bond donors (Lipinski definition) is 3. The molecule has 0 bridgehead atoms. The van der Waals surface area contributed by atoms with E-state index in [1.165, 1.54) is 67.4 Å². The molecular weight excluding hydrogens is 474 g/mol. The molecule has 0 amide bonds. The average molecular weight is 495 g/mol. The maximum atomic E-state index is 13.1. The van der Waals surface area contributed by atoms with Gasteiger partial charge < -0.3 is 29.5 Å². The van der Waals surface area contributed by atoms with Gasteiger partial charge in [-0.3, -0.25) is 19.7 Å². The maximum absolute atomic E-state index is 13.1. The van der Waals surface area contributed by atoms with Crippen molar-refractivity contribution in [1.82, 2.24) is 15.0 Å². The number of aliphatic hydroxyl groups excluding tert-OH is 2. The summed E-state index contributed by atoms with van der Waals surface area (Å²) in [6, 6.07) is 8.55. The fourth-order valence-electron chi connectivity index (χ4n) is 3.55. The molecule has 0 spiro atoms. The van der Waals surface area contributed by atoms with Crippen LogP contribution in [0.15, 0.2) is 73.6 Å². The Morgan fingerprint density at radius 2 is 1.39 bits per heavy atom. The van der Waals surface area contributed by atoms with E-state index in [0.29, 0.717) is 0 Å². The molecule has 5 atom stereocenters. The highest BCUT2D eigenvalue weighted by Crippen LogP contribution is 2.33. The van der Waals surface area contributed by atoms with Gasteiger partial charge in [-0.05, 0) is 36.4 Å². The second-order valence-corrected chi connectivity index (χ2v) is 7.81. The number of carbonyl (C=O) groups excluding carboxylic acids is 3. The second kappa shape index (κ2) is 10.7. The number of aliphatic hydroxyl groups is 3. The predicted octanol–water partition coefficient (Wildman–Crippen LogP) is -0.0539. The van der Waals surface area contributed by atoms with Crippen LogP contribution >= 0.6 is 0 Å². The van der Waals surface area contributed by atoms with Crippen molar-refractivity contribution in [3.63, 3.8) is 0 Å². The first-order chi connectivity index (χ1) is 17.3. The molecule has 12 nitrogen and oxygen atoms in total. The van der Waals surface area contributed by atoms with E-state index in [9.17, 15) is 29.7 Å². The van der Waals surface area contributed by atoms with Gasteiger partial charge in [-0.2, -0.15) is 0 Å². The summed E-state index contributed by atoms with van der Waals surface area (Å²) in [6.45, 7) is -0.662. The molecule has 0 saturated carbocycles. The van der Waals surface area contributed by atoms with Crippen molar-refractivity contribution in [2.75, 3.05) is 6.61 Å². The molecule has 1 fully saturated rings. The highest BCUT2D eigenvalue weighted by Gasteiger charge is 2.59. The Morgan fingerprint density at radius 3 is 1.92 bits per heavy atom. The van der Waals surface area contributed by atoms with Crippen molar-refractivity contribution in [3.8, 4) is 0 Å². The Balaban J connectivity index is 1.61. The summed E-state index contributed by atoms with van der Waals surface area (Å²) in [6.07, 6.45) is 0.411. The third-order valence-corrected chi connectivity index (χ3v) is 5.43. The zero-order valence-electron chi connectivity index (χ0n) is 18.6. The zero-order valence-corrected chi connectivity index (χ0v) is 18.6. The van der Waals surface area contributed by atoms with Crippen LogP contribution in [0, 0.1) is 0 Å². The van der Waals surface area contributed by atoms with Crippen LogP contribution < -0.4 is 0 Å². The van der Waals surface area contributed by atoms with Crippen LogP contribution in [0.5, 0.6) is 0 Å². The Bertz CT molecular complexity index is 1210. The normalized spacial score (nSPS) is 25.5. The molecule has 0 unspecified atom stereocenters. The molecule has 4 rings (SSSR count). The Labute approximate surface area is 204 Å². The lowest BCUT2D eigenvalue weighted by Gasteiger charge is -2.45. The molecule has 186 valence electrons. The van der Waals surface area contributed by atoms with Gasteiger partial charge in [0.05, 0.1) is 11.1 Å². The molecule has 0 radical (unpaired) electrons. The molecule has 1 aliphatic heterocycles. The van der Waals surface area contributed by atoms with Crippen LogP contribution in [0.25, 0.3) is 0 Å². The van der Waals surface area contributed by atoms with Gasteiger partial charge in [0.2, 0.25) is 5.78 Å². The van der Waals surface area contributed by atoms with Gasteiger partial charge in [0.1, 0.15) is 18.8 Å². The highest BCUT2D eigenvalue weighted by atomic mass is 16.7. The summed E-state index contributed by atoms with van der Waals surface area (Å²) in [5.41, 5.74) is -0.0342. The van der Waals surface area contributed by atoms with Gasteiger partial charge in [-0.25, -0.2) is 9.59 Å². The summed E-state index contributed by atoms with van der Waals surface area (Å²) in [4.78, 5) is 49.5. The predicted molar refractivity (Wildman–Crippen MR) is 118 cm³/mol. The molecule has 4 heterocycles. The Hall–Kier alpha value is -4.10. The van der Waals surface area contributed by atoms with Gasteiger partial charge in [0, 0.05) is 42.7 Å². The Kier molecular flexibility index (Phi) is 7.41. The van der Waals surface area contributed by atoms with Gasteiger partial charge in [0.15, 0.2) is 12.2 Å². The topological polar surface area (TPSA) is 178 Å². The summed E-state index contributed by atoms with van der Waals surface area (Å²) >= 11 is 0. The number of carbonyl (C=O) groups is 3. The van der Waals surface area contributed by atoms with Crippen molar-refractivity contribution in [2.45, 2.75) is 30.2 Å². The molecule has 0 aliphatic carbocycles. The minimum Gasteiger partial charge on any atom is -0.459 e. The summed E-state index contributed by atoms with van der Waals surface area (Å²) in [7, 11) is 0. The third-order valence-electron chi connectivity index (χ3n) is 5.43. The van der Waals surface area contributed by atoms with E-state index in [1.54, 1.807) is 0 Å². The number of ketones is 1. The molecule has 3 aromatic heterocycles. The largest absolute Gasteiger partial charge is 0.459 e. The standard InChI is InChI=1S/C24H21N3O9/c28-18-17(13-34-22(31)15-5-2-8-26-11-15)36-24(33,20(29)14-4-1-7-25-10-14)21(30)19(18)35-23(32)16-6-3-9-27-12-16/h1-12,17-19,21,28,30,33H,13H2/t17-,18-,19+,21-,24+/m1/s1. The fourth-order valence-corrected chi connectivity index (χ4v) is 3.55. The highest BCUT2D eigenvalue weighted by molar-refractivity contribution is 6.01. The van der Waals surface area contributed by atoms with E-state index in [0.717, 1.165) is 6.20 Å². The van der Waals surface area contributed by atoms with Crippen LogP contribution in [-0.2, 0) is 14.2 Å². The quantitative estimate of drug-likeness (QED) is 0.294. The zero-order chi connectivity index (χ0) is 25.7. The van der Waals surface area contributed by atoms with Crippen molar-refractivity contribution in [1.29, 1.82) is 0 Å². The van der Waals surface area contributed by atoms with Gasteiger partial charge in [-0.15, -0.1) is 0 Å². The van der Waals surface area contributed by atoms with Crippen molar-refractivity contribution in [2.24, 2.45) is 0 Å². The lowest BCUT2D eigenvalue weighted by atomic mass is 9.88. The van der Waals surface area contributed by atoms with Crippen molar-refractivity contribution in [3.05, 3.63) is 90.3 Å². The van der Waals surface area contributed by atoms with E-state index in [2.05, 4.69) is 15.0 Å². The van der Waals surface area contributed by atoms with Crippen molar-refractivity contribution >= 4 is 17.7 Å². The number of pyridine rings is 3. The van der Waals surface area contributed by atoms with E-state index >= 15 is 0 Å². The minimum atomic E-state index is -2.98. The monoisotopic (exact) mass is 495 g/mol. The first-order valence-corrected chi connectivity index (χ1v) is 10.7. The van der Waals surface area contributed by atoms with Crippen LogP contribution in [0.1, 0.15) is 31.1 Å². The first kappa shape index (κ1) is 25.0. The molecule has 12 heteroatoms. The minimum absolute atomic E-state index is 0.00919. The first-order valence-electron chi connectivity index (χ1n) is 10.7. The van der Waals surface area contributed by atoms with E-state index in [4.69, 9.17) is 14.2 Å². The smallest absolute Gasteiger partial charge is 0.340 e. The average Bonchev–Trinajstić information content (AvgIpc) is 2.93. The summed E-state index contributed by atoms with van der Waals surface area (Å²) < 4.78 is 15.8. The van der Waals surface area contributed by atoms with Gasteiger partial charge in [0.25, 0.3) is 5.79 Å². The Morgan fingerprint density at radius 1 is 0.861 bits per heavy atom. The maximum Gasteiger partial charge on any atom is 0.340 e. The van der Waals surface area contributed by atoms with Crippen LogP contribution in [-0.4, -0.2) is 84.8 Å². The number of aromatic nitrogens is 3.